The van der Waals surface area contributed by atoms with E-state index in [1.54, 1.807) is 0 Å². The lowest BCUT2D eigenvalue weighted by atomic mass is 9.90. The number of hydrogen-bond acceptors (Lipinski definition) is 3. The van der Waals surface area contributed by atoms with Crippen molar-refractivity contribution >= 4 is 17.3 Å². The predicted molar refractivity (Wildman–Crippen MR) is 99.6 cm³/mol. The molecule has 2 aromatic carbocycles. The molecule has 1 aromatic heterocycles. The molecule has 0 saturated heterocycles. The van der Waals surface area contributed by atoms with Gasteiger partial charge in [-0.1, -0.05) is 18.2 Å². The molecule has 0 amide bonds. The smallest absolute Gasteiger partial charge is 0.248 e. The van der Waals surface area contributed by atoms with E-state index >= 15 is 0 Å². The third kappa shape index (κ3) is 2.26. The molecule has 3 heteroatoms. The van der Waals surface area contributed by atoms with Gasteiger partial charge in [-0.15, -0.1) is 0 Å². The van der Waals surface area contributed by atoms with Crippen LogP contribution in [0.25, 0.3) is 0 Å². The summed E-state index contributed by atoms with van der Waals surface area (Å²) in [4.78, 5) is 2.24. The van der Waals surface area contributed by atoms with Crippen molar-refractivity contribution in [3.63, 3.8) is 0 Å². The van der Waals surface area contributed by atoms with Gasteiger partial charge in [0.1, 0.15) is 5.76 Å². The van der Waals surface area contributed by atoms with Crippen molar-refractivity contribution in [3.8, 4) is 11.5 Å². The van der Waals surface area contributed by atoms with Crippen LogP contribution in [0.15, 0.2) is 46.9 Å². The van der Waals surface area contributed by atoms with Gasteiger partial charge in [-0.2, -0.15) is 0 Å². The Balaban J connectivity index is 1.76. The normalized spacial score (nSPS) is 15.2. The third-order valence-corrected chi connectivity index (χ3v) is 5.19. The SMILES string of the molecule is Cc1ccc2c(c1)Oc1cc(C)oc1N2c1cccc2c1CCCC2. The van der Waals surface area contributed by atoms with E-state index in [0.717, 1.165) is 41.7 Å². The van der Waals surface area contributed by atoms with Crippen molar-refractivity contribution in [1.29, 1.82) is 0 Å². The molecule has 0 atom stereocenters. The molecule has 25 heavy (non-hydrogen) atoms. The van der Waals surface area contributed by atoms with Crippen molar-refractivity contribution in [2.45, 2.75) is 39.5 Å². The number of anilines is 3. The minimum atomic E-state index is 0.785. The predicted octanol–water partition coefficient (Wildman–Crippen LogP) is 6.35. The van der Waals surface area contributed by atoms with Gasteiger partial charge in [0.25, 0.3) is 0 Å². The summed E-state index contributed by atoms with van der Waals surface area (Å²) >= 11 is 0. The van der Waals surface area contributed by atoms with Crippen LogP contribution < -0.4 is 9.64 Å². The summed E-state index contributed by atoms with van der Waals surface area (Å²) in [5.41, 5.74) is 6.38. The molecule has 0 saturated carbocycles. The van der Waals surface area contributed by atoms with Gasteiger partial charge in [-0.25, -0.2) is 0 Å². The maximum atomic E-state index is 6.14. The zero-order valence-corrected chi connectivity index (χ0v) is 14.6. The first-order chi connectivity index (χ1) is 12.2. The molecule has 2 heterocycles. The number of ether oxygens (including phenoxy) is 1. The quantitative estimate of drug-likeness (QED) is 0.406. The summed E-state index contributed by atoms with van der Waals surface area (Å²) in [5, 5.41) is 0. The molecule has 0 fully saturated rings. The summed E-state index contributed by atoms with van der Waals surface area (Å²) in [5.74, 6) is 3.34. The van der Waals surface area contributed by atoms with Crippen LogP contribution in [0, 0.1) is 13.8 Å². The molecule has 1 aliphatic carbocycles. The highest BCUT2D eigenvalue weighted by Crippen LogP contribution is 2.53. The molecule has 3 aromatic rings. The van der Waals surface area contributed by atoms with E-state index in [1.165, 1.54) is 35.2 Å². The third-order valence-electron chi connectivity index (χ3n) is 5.19. The first-order valence-corrected chi connectivity index (χ1v) is 9.00. The van der Waals surface area contributed by atoms with Crippen LogP contribution >= 0.6 is 0 Å². The van der Waals surface area contributed by atoms with Crippen LogP contribution in [0.2, 0.25) is 0 Å². The van der Waals surface area contributed by atoms with E-state index in [0.29, 0.717) is 0 Å². The molecule has 0 unspecified atom stereocenters. The van der Waals surface area contributed by atoms with Crippen LogP contribution in [-0.4, -0.2) is 0 Å². The summed E-state index contributed by atoms with van der Waals surface area (Å²) in [6.07, 6.45) is 4.82. The number of furan rings is 1. The van der Waals surface area contributed by atoms with Gasteiger partial charge >= 0.3 is 0 Å². The number of benzene rings is 2. The maximum Gasteiger partial charge on any atom is 0.248 e. The summed E-state index contributed by atoms with van der Waals surface area (Å²) in [6.45, 7) is 4.06. The van der Waals surface area contributed by atoms with Gasteiger partial charge in [0, 0.05) is 6.07 Å². The lowest BCUT2D eigenvalue weighted by Gasteiger charge is -2.32. The average Bonchev–Trinajstić information content (AvgIpc) is 2.98. The van der Waals surface area contributed by atoms with E-state index in [4.69, 9.17) is 9.15 Å². The Bertz CT molecular complexity index is 970. The minimum absolute atomic E-state index is 0.785. The highest BCUT2D eigenvalue weighted by Gasteiger charge is 2.31. The lowest BCUT2D eigenvalue weighted by molar-refractivity contribution is 0.454. The Morgan fingerprint density at radius 3 is 2.68 bits per heavy atom. The van der Waals surface area contributed by atoms with Crippen molar-refractivity contribution in [2.75, 3.05) is 4.90 Å². The zero-order chi connectivity index (χ0) is 17.0. The topological polar surface area (TPSA) is 25.6 Å². The van der Waals surface area contributed by atoms with E-state index in [2.05, 4.69) is 48.2 Å². The number of fused-ring (bicyclic) bond motifs is 3. The van der Waals surface area contributed by atoms with Gasteiger partial charge in [0.05, 0.1) is 11.4 Å². The summed E-state index contributed by atoms with van der Waals surface area (Å²) < 4.78 is 12.2. The van der Waals surface area contributed by atoms with Crippen molar-refractivity contribution < 1.29 is 9.15 Å². The van der Waals surface area contributed by atoms with Crippen LogP contribution in [0.4, 0.5) is 17.3 Å². The van der Waals surface area contributed by atoms with Gasteiger partial charge in [0.15, 0.2) is 11.5 Å². The maximum absolute atomic E-state index is 6.14. The first-order valence-electron chi connectivity index (χ1n) is 9.00. The zero-order valence-electron chi connectivity index (χ0n) is 14.6. The second-order valence-electron chi connectivity index (χ2n) is 7.06. The highest BCUT2D eigenvalue weighted by molar-refractivity contribution is 5.85. The number of nitrogens with zero attached hydrogens (tertiary/aromatic N) is 1. The number of aryl methyl sites for hydroxylation is 3. The molecule has 2 aliphatic rings. The molecular formula is C22H21NO2. The summed E-state index contributed by atoms with van der Waals surface area (Å²) in [7, 11) is 0. The van der Waals surface area contributed by atoms with Crippen LogP contribution in [0.5, 0.6) is 11.5 Å². The van der Waals surface area contributed by atoms with E-state index in [1.807, 2.05) is 13.0 Å². The Morgan fingerprint density at radius 1 is 0.880 bits per heavy atom. The Kier molecular flexibility index (Phi) is 3.17. The molecule has 5 rings (SSSR count). The van der Waals surface area contributed by atoms with Gasteiger partial charge in [-0.05, 0) is 74.4 Å². The fourth-order valence-corrected chi connectivity index (χ4v) is 4.03. The molecule has 0 radical (unpaired) electrons. The largest absolute Gasteiger partial charge is 0.449 e. The fraction of sp³-hybridized carbons (Fsp3) is 0.273. The lowest BCUT2D eigenvalue weighted by Crippen LogP contribution is -2.18. The average molecular weight is 331 g/mol. The highest BCUT2D eigenvalue weighted by atomic mass is 16.5. The summed E-state index contributed by atoms with van der Waals surface area (Å²) in [6, 6.07) is 15.0. The van der Waals surface area contributed by atoms with E-state index in [-0.39, 0.29) is 0 Å². The number of hydrogen-bond donors (Lipinski definition) is 0. The van der Waals surface area contributed by atoms with Gasteiger partial charge < -0.3 is 9.15 Å². The second kappa shape index (κ2) is 5.41. The Morgan fingerprint density at radius 2 is 1.76 bits per heavy atom. The van der Waals surface area contributed by atoms with Crippen molar-refractivity contribution in [1.82, 2.24) is 0 Å². The van der Waals surface area contributed by atoms with Crippen LogP contribution in [0.3, 0.4) is 0 Å². The second-order valence-corrected chi connectivity index (χ2v) is 7.06. The monoisotopic (exact) mass is 331 g/mol. The van der Waals surface area contributed by atoms with Crippen molar-refractivity contribution in [2.24, 2.45) is 0 Å². The molecular weight excluding hydrogens is 310 g/mol. The minimum Gasteiger partial charge on any atom is -0.449 e. The first kappa shape index (κ1) is 14.6. The van der Waals surface area contributed by atoms with E-state index < -0.39 is 0 Å². The van der Waals surface area contributed by atoms with Crippen LogP contribution in [0.1, 0.15) is 35.3 Å². The molecule has 0 spiro atoms. The molecule has 0 N–H and O–H groups in total. The van der Waals surface area contributed by atoms with Crippen molar-refractivity contribution in [3.05, 3.63) is 64.9 Å². The standard InChI is InChI=1S/C22H21NO2/c1-14-10-11-19-20(12-14)25-21-13-15(2)24-22(21)23(19)18-9-5-7-16-6-3-4-8-17(16)18/h5,7,9-13H,3-4,6,8H2,1-2H3. The molecule has 1 aliphatic heterocycles. The molecule has 3 nitrogen and oxygen atoms in total. The molecule has 0 bridgehead atoms. The van der Waals surface area contributed by atoms with Crippen LogP contribution in [-0.2, 0) is 12.8 Å². The van der Waals surface area contributed by atoms with Gasteiger partial charge in [0.2, 0.25) is 5.88 Å². The van der Waals surface area contributed by atoms with Gasteiger partial charge in [-0.3, -0.25) is 4.90 Å². The Labute approximate surface area is 147 Å². The van der Waals surface area contributed by atoms with E-state index in [9.17, 15) is 0 Å². The Hall–Kier alpha value is -2.68. The fourth-order valence-electron chi connectivity index (χ4n) is 4.03. The number of rotatable bonds is 1. The molecule has 126 valence electrons.